The second kappa shape index (κ2) is 10.3. The van der Waals surface area contributed by atoms with Gasteiger partial charge in [0.1, 0.15) is 11.9 Å². The number of fused-ring (bicyclic) bond motifs is 1. The van der Waals surface area contributed by atoms with Crippen LogP contribution in [0.4, 0.5) is 29.3 Å². The molecule has 0 saturated carbocycles. The van der Waals surface area contributed by atoms with E-state index in [1.807, 2.05) is 35.2 Å². The molecule has 0 aromatic heterocycles. The molecule has 0 spiro atoms. The smallest absolute Gasteiger partial charge is 0.427 e. The summed E-state index contributed by atoms with van der Waals surface area (Å²) >= 11 is 0. The van der Waals surface area contributed by atoms with Crippen molar-refractivity contribution in [2.24, 2.45) is 0 Å². The lowest BCUT2D eigenvalue weighted by Gasteiger charge is -2.37. The number of esters is 1. The number of rotatable bonds is 6. The Morgan fingerprint density at radius 1 is 1.17 bits per heavy atom. The third-order valence-corrected chi connectivity index (χ3v) is 5.50. The molecule has 7 nitrogen and oxygen atoms in total. The summed E-state index contributed by atoms with van der Waals surface area (Å²) in [6.07, 6.45) is -5.02. The van der Waals surface area contributed by atoms with Crippen LogP contribution < -0.4 is 15.0 Å². The number of hydrogen-bond donors (Lipinski definition) is 1. The first-order chi connectivity index (χ1) is 16.4. The normalized spacial score (nSPS) is 16.1. The van der Waals surface area contributed by atoms with Crippen LogP contribution in [0.15, 0.2) is 60.2 Å². The van der Waals surface area contributed by atoms with Gasteiger partial charge in [-0.25, -0.2) is 9.59 Å². The van der Waals surface area contributed by atoms with Crippen LogP contribution in [0.3, 0.4) is 0 Å². The van der Waals surface area contributed by atoms with Gasteiger partial charge in [0.15, 0.2) is 0 Å². The van der Waals surface area contributed by atoms with Gasteiger partial charge in [-0.15, -0.1) is 0 Å². The molecular weight excluding hydrogens is 465 g/mol. The average Bonchev–Trinajstić information content (AvgIpc) is 2.78. The van der Waals surface area contributed by atoms with Crippen LogP contribution in [0, 0.1) is 0 Å². The zero-order valence-electron chi connectivity index (χ0n) is 19.8. The van der Waals surface area contributed by atoms with Crippen molar-refractivity contribution in [1.82, 2.24) is 0 Å². The van der Waals surface area contributed by atoms with Gasteiger partial charge >= 0.3 is 18.2 Å². The van der Waals surface area contributed by atoms with Crippen molar-refractivity contribution in [3.05, 3.63) is 65.7 Å². The van der Waals surface area contributed by atoms with Gasteiger partial charge in [0, 0.05) is 18.3 Å². The number of nitrogens with zero attached hydrogens (tertiary/aromatic N) is 1. The topological polar surface area (TPSA) is 77.1 Å². The van der Waals surface area contributed by atoms with E-state index in [1.54, 1.807) is 19.1 Å². The summed E-state index contributed by atoms with van der Waals surface area (Å²) in [5, 5.41) is 2.36. The Bertz CT molecular complexity index is 1100. The van der Waals surface area contributed by atoms with Crippen molar-refractivity contribution in [2.45, 2.75) is 45.2 Å². The fourth-order valence-corrected chi connectivity index (χ4v) is 3.39. The lowest BCUT2D eigenvalue weighted by molar-refractivity contribution is -0.242. The Balaban J connectivity index is 1.87. The molecule has 2 aromatic rings. The van der Waals surface area contributed by atoms with E-state index in [-0.39, 0.29) is 5.69 Å². The van der Waals surface area contributed by atoms with Crippen molar-refractivity contribution in [3.63, 3.8) is 0 Å². The highest BCUT2D eigenvalue weighted by Gasteiger charge is 2.51. The Kier molecular flexibility index (Phi) is 7.62. The summed E-state index contributed by atoms with van der Waals surface area (Å²) in [4.78, 5) is 25.9. The fourth-order valence-electron chi connectivity index (χ4n) is 3.39. The van der Waals surface area contributed by atoms with Gasteiger partial charge in [-0.2, -0.15) is 13.2 Å². The van der Waals surface area contributed by atoms with Crippen LogP contribution in [-0.4, -0.2) is 43.6 Å². The molecule has 35 heavy (non-hydrogen) atoms. The molecule has 1 atom stereocenters. The van der Waals surface area contributed by atoms with Crippen molar-refractivity contribution < 1.29 is 37.0 Å². The summed E-state index contributed by atoms with van der Waals surface area (Å²) in [6, 6.07) is 14.4. The zero-order valence-corrected chi connectivity index (χ0v) is 19.8. The Morgan fingerprint density at radius 3 is 2.49 bits per heavy atom. The molecule has 1 heterocycles. The SMILES string of the molecule is COC(=O)C=C(C)C1CN(Cc2ccccc2)c2cc(NC(=O)OC(C)(C)C(F)(F)F)ccc2O1. The Hall–Kier alpha value is -3.69. The molecule has 1 aliphatic rings. The summed E-state index contributed by atoms with van der Waals surface area (Å²) in [7, 11) is 1.29. The van der Waals surface area contributed by atoms with Gasteiger partial charge in [0.25, 0.3) is 0 Å². The molecule has 0 fully saturated rings. The lowest BCUT2D eigenvalue weighted by atomic mass is 10.1. The summed E-state index contributed by atoms with van der Waals surface area (Å²) < 4.78 is 54.6. The molecule has 1 N–H and O–H groups in total. The molecule has 10 heteroatoms. The van der Waals surface area contributed by atoms with E-state index in [1.165, 1.54) is 19.3 Å². The number of benzene rings is 2. The molecule has 1 amide bonds. The molecule has 2 aromatic carbocycles. The molecule has 188 valence electrons. The minimum Gasteiger partial charge on any atom is -0.482 e. The zero-order chi connectivity index (χ0) is 25.8. The number of hydrogen-bond acceptors (Lipinski definition) is 6. The number of ether oxygens (including phenoxy) is 3. The molecular formula is C25H27F3N2O5. The van der Waals surface area contributed by atoms with Crippen molar-refractivity contribution in [2.75, 3.05) is 23.9 Å². The number of methoxy groups -OCH3 is 1. The molecule has 0 aliphatic carbocycles. The third kappa shape index (κ3) is 6.46. The van der Waals surface area contributed by atoms with Crippen LogP contribution in [0.1, 0.15) is 26.3 Å². The minimum absolute atomic E-state index is 0.244. The monoisotopic (exact) mass is 492 g/mol. The lowest BCUT2D eigenvalue weighted by Crippen LogP contribution is -2.44. The second-order valence-electron chi connectivity index (χ2n) is 8.59. The Morgan fingerprint density at radius 2 is 1.86 bits per heavy atom. The van der Waals surface area contributed by atoms with Crippen LogP contribution in [-0.2, 0) is 20.8 Å². The minimum atomic E-state index is -4.72. The van der Waals surface area contributed by atoms with Crippen molar-refractivity contribution >= 4 is 23.4 Å². The van der Waals surface area contributed by atoms with Crippen molar-refractivity contribution in [1.29, 1.82) is 0 Å². The average molecular weight is 492 g/mol. The van der Waals surface area contributed by atoms with Gasteiger partial charge in [-0.3, -0.25) is 5.32 Å². The number of alkyl halides is 3. The van der Waals surface area contributed by atoms with E-state index < -0.39 is 29.9 Å². The number of nitrogens with one attached hydrogen (secondary N) is 1. The number of carbonyl (C=O) groups excluding carboxylic acids is 2. The molecule has 1 aliphatic heterocycles. The first-order valence-electron chi connectivity index (χ1n) is 10.8. The first-order valence-corrected chi connectivity index (χ1v) is 10.8. The van der Waals surface area contributed by atoms with Gasteiger partial charge in [0.2, 0.25) is 5.60 Å². The van der Waals surface area contributed by atoms with Crippen LogP contribution in [0.2, 0.25) is 0 Å². The quantitative estimate of drug-likeness (QED) is 0.426. The van der Waals surface area contributed by atoms with E-state index in [4.69, 9.17) is 9.47 Å². The number of anilines is 2. The van der Waals surface area contributed by atoms with E-state index >= 15 is 0 Å². The fraction of sp³-hybridized carbons (Fsp3) is 0.360. The van der Waals surface area contributed by atoms with Gasteiger partial charge in [-0.1, -0.05) is 30.3 Å². The second-order valence-corrected chi connectivity index (χ2v) is 8.59. The van der Waals surface area contributed by atoms with Crippen LogP contribution >= 0.6 is 0 Å². The highest BCUT2D eigenvalue weighted by Crippen LogP contribution is 2.38. The van der Waals surface area contributed by atoms with Gasteiger partial charge in [0.05, 0.1) is 19.3 Å². The Labute approximate surface area is 201 Å². The number of halogens is 3. The molecule has 0 radical (unpaired) electrons. The summed E-state index contributed by atoms with van der Waals surface area (Å²) in [5.74, 6) is -0.00400. The number of carbonyl (C=O) groups is 2. The van der Waals surface area contributed by atoms with Gasteiger partial charge < -0.3 is 19.1 Å². The highest BCUT2D eigenvalue weighted by atomic mass is 19.4. The van der Waals surface area contributed by atoms with Crippen molar-refractivity contribution in [3.8, 4) is 5.75 Å². The van der Waals surface area contributed by atoms with E-state index in [9.17, 15) is 22.8 Å². The predicted octanol–water partition coefficient (Wildman–Crippen LogP) is 5.46. The first kappa shape index (κ1) is 25.9. The van der Waals surface area contributed by atoms with E-state index in [0.29, 0.717) is 30.1 Å². The molecule has 3 rings (SSSR count). The maximum absolute atomic E-state index is 13.1. The largest absolute Gasteiger partial charge is 0.482 e. The number of amides is 1. The van der Waals surface area contributed by atoms with E-state index in [2.05, 4.69) is 10.1 Å². The standard InChI is InChI=1S/C25H27F3N2O5/c1-16(12-22(31)33-4)21-15-30(14-17-8-6-5-7-9-17)19-13-18(10-11-20(19)34-21)29-23(32)35-24(2,3)25(26,27)28/h5-13,21H,14-15H2,1-4H3,(H,29,32). The van der Waals surface area contributed by atoms with Crippen LogP contribution in [0.5, 0.6) is 5.75 Å². The third-order valence-electron chi connectivity index (χ3n) is 5.50. The molecule has 1 unspecified atom stereocenters. The van der Waals surface area contributed by atoms with Gasteiger partial charge in [-0.05, 0) is 50.1 Å². The predicted molar refractivity (Wildman–Crippen MR) is 124 cm³/mol. The molecule has 0 bridgehead atoms. The van der Waals surface area contributed by atoms with Crippen LogP contribution in [0.25, 0.3) is 0 Å². The molecule has 0 saturated heterocycles. The maximum atomic E-state index is 13.1. The summed E-state index contributed by atoms with van der Waals surface area (Å²) in [5.41, 5.74) is -0.0959. The maximum Gasteiger partial charge on any atom is 0.427 e. The highest BCUT2D eigenvalue weighted by molar-refractivity contribution is 5.86. The van der Waals surface area contributed by atoms with E-state index in [0.717, 1.165) is 19.4 Å². The summed E-state index contributed by atoms with van der Waals surface area (Å²) in [6.45, 7) is 4.20.